The summed E-state index contributed by atoms with van der Waals surface area (Å²) in [6, 6.07) is 7.98. The summed E-state index contributed by atoms with van der Waals surface area (Å²) in [5, 5.41) is 15.0. The van der Waals surface area contributed by atoms with Gasteiger partial charge in [0.1, 0.15) is 17.4 Å². The SMILES string of the molecule is COCCNCc1ccc(OCc2nc(CO)cs2)cc1. The van der Waals surface area contributed by atoms with Gasteiger partial charge in [0.05, 0.1) is 18.9 Å². The molecule has 0 fully saturated rings. The van der Waals surface area contributed by atoms with E-state index < -0.39 is 0 Å². The Labute approximate surface area is 128 Å². The van der Waals surface area contributed by atoms with Crippen LogP contribution in [0.5, 0.6) is 5.75 Å². The number of nitrogens with zero attached hydrogens (tertiary/aromatic N) is 1. The number of thiazole rings is 1. The van der Waals surface area contributed by atoms with E-state index in [2.05, 4.69) is 10.3 Å². The third kappa shape index (κ3) is 5.43. The van der Waals surface area contributed by atoms with Gasteiger partial charge < -0.3 is 19.9 Å². The zero-order valence-corrected chi connectivity index (χ0v) is 12.9. The first kappa shape index (κ1) is 15.9. The summed E-state index contributed by atoms with van der Waals surface area (Å²) >= 11 is 1.49. The minimum absolute atomic E-state index is 0.0265. The number of nitrogens with one attached hydrogen (secondary N) is 1. The second-order valence-electron chi connectivity index (χ2n) is 4.49. The number of ether oxygens (including phenoxy) is 2. The Morgan fingerprint density at radius 3 is 2.76 bits per heavy atom. The number of hydrogen-bond donors (Lipinski definition) is 2. The van der Waals surface area contributed by atoms with Gasteiger partial charge in [-0.1, -0.05) is 12.1 Å². The maximum Gasteiger partial charge on any atom is 0.140 e. The van der Waals surface area contributed by atoms with E-state index in [-0.39, 0.29) is 6.61 Å². The van der Waals surface area contributed by atoms with E-state index in [4.69, 9.17) is 14.6 Å². The highest BCUT2D eigenvalue weighted by Gasteiger charge is 2.02. The van der Waals surface area contributed by atoms with Gasteiger partial charge >= 0.3 is 0 Å². The van der Waals surface area contributed by atoms with Gasteiger partial charge in [-0.25, -0.2) is 4.98 Å². The van der Waals surface area contributed by atoms with E-state index in [1.54, 1.807) is 7.11 Å². The molecule has 2 rings (SSSR count). The fourth-order valence-electron chi connectivity index (χ4n) is 1.74. The normalized spacial score (nSPS) is 10.8. The summed E-state index contributed by atoms with van der Waals surface area (Å²) < 4.78 is 10.7. The first-order valence-electron chi connectivity index (χ1n) is 6.77. The smallest absolute Gasteiger partial charge is 0.140 e. The third-order valence-corrected chi connectivity index (χ3v) is 3.73. The Morgan fingerprint density at radius 1 is 1.29 bits per heavy atom. The van der Waals surface area contributed by atoms with Crippen molar-refractivity contribution in [3.63, 3.8) is 0 Å². The zero-order valence-electron chi connectivity index (χ0n) is 12.0. The second kappa shape index (κ2) is 8.74. The van der Waals surface area contributed by atoms with E-state index in [0.717, 1.165) is 23.8 Å². The monoisotopic (exact) mass is 308 g/mol. The molecule has 1 heterocycles. The summed E-state index contributed by atoms with van der Waals surface area (Å²) in [5.41, 5.74) is 1.89. The molecule has 0 amide bonds. The summed E-state index contributed by atoms with van der Waals surface area (Å²) in [6.07, 6.45) is 0. The van der Waals surface area contributed by atoms with Crippen molar-refractivity contribution < 1.29 is 14.6 Å². The van der Waals surface area contributed by atoms with Crippen LogP contribution in [0.25, 0.3) is 0 Å². The fourth-order valence-corrected chi connectivity index (χ4v) is 2.44. The van der Waals surface area contributed by atoms with Crippen molar-refractivity contribution in [2.75, 3.05) is 20.3 Å². The van der Waals surface area contributed by atoms with Crippen molar-refractivity contribution in [1.82, 2.24) is 10.3 Å². The Balaban J connectivity index is 1.76. The molecule has 5 nitrogen and oxygen atoms in total. The highest BCUT2D eigenvalue weighted by atomic mass is 32.1. The molecule has 0 saturated carbocycles. The predicted molar refractivity (Wildman–Crippen MR) is 82.4 cm³/mol. The van der Waals surface area contributed by atoms with Gasteiger partial charge in [0.2, 0.25) is 0 Å². The van der Waals surface area contributed by atoms with Gasteiger partial charge in [-0.05, 0) is 17.7 Å². The quantitative estimate of drug-likeness (QED) is 0.693. The van der Waals surface area contributed by atoms with Crippen molar-refractivity contribution in [3.05, 3.63) is 45.9 Å². The molecule has 0 radical (unpaired) electrons. The van der Waals surface area contributed by atoms with Crippen LogP contribution in [0.2, 0.25) is 0 Å². The van der Waals surface area contributed by atoms with Crippen molar-refractivity contribution >= 4 is 11.3 Å². The molecule has 0 atom stereocenters. The van der Waals surface area contributed by atoms with Crippen LogP contribution in [0.4, 0.5) is 0 Å². The lowest BCUT2D eigenvalue weighted by molar-refractivity contribution is 0.199. The summed E-state index contributed by atoms with van der Waals surface area (Å²) in [4.78, 5) is 4.24. The number of methoxy groups -OCH3 is 1. The van der Waals surface area contributed by atoms with E-state index >= 15 is 0 Å². The molecule has 0 aliphatic carbocycles. The highest BCUT2D eigenvalue weighted by Crippen LogP contribution is 2.16. The first-order valence-corrected chi connectivity index (χ1v) is 7.65. The zero-order chi connectivity index (χ0) is 14.9. The topological polar surface area (TPSA) is 63.6 Å². The van der Waals surface area contributed by atoms with Gasteiger partial charge in [-0.15, -0.1) is 11.3 Å². The van der Waals surface area contributed by atoms with Crippen molar-refractivity contribution in [2.45, 2.75) is 19.8 Å². The van der Waals surface area contributed by atoms with Crippen LogP contribution in [0, 0.1) is 0 Å². The molecule has 0 aliphatic heterocycles. The van der Waals surface area contributed by atoms with Crippen LogP contribution in [-0.2, 0) is 24.5 Å². The number of rotatable bonds is 9. The maximum absolute atomic E-state index is 8.96. The van der Waals surface area contributed by atoms with E-state index in [9.17, 15) is 0 Å². The average Bonchev–Trinajstić information content (AvgIpc) is 2.99. The number of aromatic nitrogens is 1. The lowest BCUT2D eigenvalue weighted by Gasteiger charge is -2.07. The molecule has 0 spiro atoms. The van der Waals surface area contributed by atoms with Crippen molar-refractivity contribution in [1.29, 1.82) is 0 Å². The molecule has 2 aromatic rings. The molecule has 0 unspecified atom stereocenters. The highest BCUT2D eigenvalue weighted by molar-refractivity contribution is 7.09. The van der Waals surface area contributed by atoms with Gasteiger partial charge in [0.25, 0.3) is 0 Å². The molecule has 1 aromatic heterocycles. The van der Waals surface area contributed by atoms with Crippen LogP contribution < -0.4 is 10.1 Å². The van der Waals surface area contributed by atoms with E-state index in [0.29, 0.717) is 18.9 Å². The largest absolute Gasteiger partial charge is 0.486 e. The summed E-state index contributed by atoms with van der Waals surface area (Å²) in [7, 11) is 1.69. The maximum atomic E-state index is 8.96. The van der Waals surface area contributed by atoms with E-state index in [1.165, 1.54) is 16.9 Å². The third-order valence-electron chi connectivity index (χ3n) is 2.86. The minimum Gasteiger partial charge on any atom is -0.486 e. The predicted octanol–water partition coefficient (Wildman–Crippen LogP) is 1.95. The molecule has 0 saturated heterocycles. The molecule has 6 heteroatoms. The van der Waals surface area contributed by atoms with E-state index in [1.807, 2.05) is 29.6 Å². The molecule has 114 valence electrons. The number of aliphatic hydroxyl groups excluding tert-OH is 1. The Kier molecular flexibility index (Phi) is 6.62. The molecular weight excluding hydrogens is 288 g/mol. The Morgan fingerprint density at radius 2 is 2.10 bits per heavy atom. The number of hydrogen-bond acceptors (Lipinski definition) is 6. The van der Waals surface area contributed by atoms with Crippen molar-refractivity contribution in [3.8, 4) is 5.75 Å². The lowest BCUT2D eigenvalue weighted by atomic mass is 10.2. The van der Waals surface area contributed by atoms with Crippen molar-refractivity contribution in [2.24, 2.45) is 0 Å². The summed E-state index contributed by atoms with van der Waals surface area (Å²) in [6.45, 7) is 2.77. The van der Waals surface area contributed by atoms with Gasteiger partial charge in [-0.2, -0.15) is 0 Å². The van der Waals surface area contributed by atoms with Crippen LogP contribution >= 0.6 is 11.3 Å². The van der Waals surface area contributed by atoms with Crippen LogP contribution in [-0.4, -0.2) is 30.4 Å². The van der Waals surface area contributed by atoms with Gasteiger partial charge in [0.15, 0.2) is 0 Å². The molecular formula is C15H20N2O3S. The molecule has 0 bridgehead atoms. The van der Waals surface area contributed by atoms with Crippen LogP contribution in [0.3, 0.4) is 0 Å². The fraction of sp³-hybridized carbons (Fsp3) is 0.400. The molecule has 21 heavy (non-hydrogen) atoms. The first-order chi connectivity index (χ1) is 10.3. The summed E-state index contributed by atoms with van der Waals surface area (Å²) in [5.74, 6) is 0.816. The van der Waals surface area contributed by atoms with Gasteiger partial charge in [-0.3, -0.25) is 0 Å². The Hall–Kier alpha value is -1.47. The molecule has 1 aromatic carbocycles. The lowest BCUT2D eigenvalue weighted by Crippen LogP contribution is -2.18. The van der Waals surface area contributed by atoms with Crippen LogP contribution in [0.15, 0.2) is 29.6 Å². The molecule has 0 aliphatic rings. The van der Waals surface area contributed by atoms with Gasteiger partial charge in [0, 0.05) is 25.6 Å². The average molecular weight is 308 g/mol. The van der Waals surface area contributed by atoms with Crippen LogP contribution in [0.1, 0.15) is 16.3 Å². The minimum atomic E-state index is -0.0265. The number of benzene rings is 1. The number of aliphatic hydroxyl groups is 1. The second-order valence-corrected chi connectivity index (χ2v) is 5.44. The standard InChI is InChI=1S/C15H20N2O3S/c1-19-7-6-16-8-12-2-4-14(5-3-12)20-10-15-17-13(9-18)11-21-15/h2-5,11,16,18H,6-10H2,1H3. The Bertz CT molecular complexity index is 528. The molecule has 2 N–H and O–H groups in total.